The van der Waals surface area contributed by atoms with Crippen LogP contribution in [0.3, 0.4) is 0 Å². The van der Waals surface area contributed by atoms with Crippen molar-refractivity contribution in [2.45, 2.75) is 122 Å². The second kappa shape index (κ2) is 16.9. The van der Waals surface area contributed by atoms with Crippen LogP contribution in [-0.4, -0.2) is 0 Å². The molecule has 10 aromatic carbocycles. The van der Waals surface area contributed by atoms with Crippen molar-refractivity contribution < 1.29 is 0 Å². The molecule has 0 fully saturated rings. The fraction of sp³-hybridized carbons (Fsp3) is 0.241. The summed E-state index contributed by atoms with van der Waals surface area (Å²) < 4.78 is 0. The number of fused-ring (bicyclic) bond motifs is 13. The molecular formula is C79H72N2. The van der Waals surface area contributed by atoms with Gasteiger partial charge in [0.1, 0.15) is 0 Å². The molecule has 2 heteroatoms. The van der Waals surface area contributed by atoms with Crippen LogP contribution < -0.4 is 9.80 Å². The van der Waals surface area contributed by atoms with Gasteiger partial charge in [-0.3, -0.25) is 0 Å². The van der Waals surface area contributed by atoms with Gasteiger partial charge in [-0.15, -0.1) is 0 Å². The lowest BCUT2D eigenvalue weighted by Crippen LogP contribution is -2.24. The molecule has 10 aromatic rings. The molecule has 0 saturated heterocycles. The molecule has 1 unspecified atom stereocenters. The van der Waals surface area contributed by atoms with Gasteiger partial charge in [-0.2, -0.15) is 0 Å². The number of benzene rings is 10. The average Bonchev–Trinajstić information content (AvgIpc) is 4.34. The van der Waals surface area contributed by atoms with Crippen LogP contribution >= 0.6 is 0 Å². The summed E-state index contributed by atoms with van der Waals surface area (Å²) in [5.41, 5.74) is 32.7. The van der Waals surface area contributed by atoms with Crippen LogP contribution in [-0.2, 0) is 39.0 Å². The Labute approximate surface area is 480 Å². The number of anilines is 5. The Balaban J connectivity index is 0.826. The van der Waals surface area contributed by atoms with Crippen molar-refractivity contribution in [3.63, 3.8) is 0 Å². The third-order valence-corrected chi connectivity index (χ3v) is 20.7. The van der Waals surface area contributed by atoms with E-state index in [1.165, 1.54) is 134 Å². The van der Waals surface area contributed by atoms with Crippen LogP contribution in [0.4, 0.5) is 28.4 Å². The van der Waals surface area contributed by atoms with Crippen LogP contribution in [0.2, 0.25) is 0 Å². The molecule has 5 aliphatic carbocycles. The van der Waals surface area contributed by atoms with E-state index < -0.39 is 0 Å². The minimum absolute atomic E-state index is 0.0161. The quantitative estimate of drug-likeness (QED) is 0.150. The van der Waals surface area contributed by atoms with Gasteiger partial charge in [0.05, 0.1) is 0 Å². The Morgan fingerprint density at radius 3 is 1.01 bits per heavy atom. The second-order valence-corrected chi connectivity index (χ2v) is 27.3. The summed E-state index contributed by atoms with van der Waals surface area (Å²) in [6, 6.07) is 82.1. The van der Waals surface area contributed by atoms with Crippen LogP contribution in [0.15, 0.2) is 212 Å². The molecule has 398 valence electrons. The van der Waals surface area contributed by atoms with Crippen molar-refractivity contribution in [1.29, 1.82) is 0 Å². The molecule has 0 aromatic heterocycles. The van der Waals surface area contributed by atoms with Crippen LogP contribution in [0.25, 0.3) is 44.5 Å². The van der Waals surface area contributed by atoms with Crippen molar-refractivity contribution in [3.8, 4) is 44.5 Å². The van der Waals surface area contributed by atoms with E-state index in [1.54, 1.807) is 0 Å². The molecule has 0 bridgehead atoms. The van der Waals surface area contributed by atoms with E-state index in [4.69, 9.17) is 0 Å². The molecular weight excluding hydrogens is 977 g/mol. The van der Waals surface area contributed by atoms with Gasteiger partial charge in [0, 0.05) is 62.1 Å². The molecule has 1 atom stereocenters. The predicted octanol–water partition coefficient (Wildman–Crippen LogP) is 20.7. The van der Waals surface area contributed by atoms with Gasteiger partial charge in [0.2, 0.25) is 0 Å². The lowest BCUT2D eigenvalue weighted by molar-refractivity contribution is 0.425. The topological polar surface area (TPSA) is 6.48 Å². The van der Waals surface area contributed by atoms with Crippen LogP contribution in [0.1, 0.15) is 149 Å². The molecule has 0 N–H and O–H groups in total. The van der Waals surface area contributed by atoms with Crippen molar-refractivity contribution >= 4 is 28.4 Å². The Morgan fingerprint density at radius 1 is 0.284 bits per heavy atom. The number of hydrogen-bond donors (Lipinski definition) is 0. The highest BCUT2D eigenvalue weighted by atomic mass is 15.1. The van der Waals surface area contributed by atoms with E-state index in [0.29, 0.717) is 0 Å². The summed E-state index contributed by atoms with van der Waals surface area (Å²) in [5.74, 6) is 0. The summed E-state index contributed by atoms with van der Waals surface area (Å²) in [6.45, 7) is 27.3. The molecule has 15 rings (SSSR count). The third-order valence-electron chi connectivity index (χ3n) is 20.7. The maximum atomic E-state index is 2.60. The number of rotatable bonds is 8. The molecule has 0 saturated carbocycles. The molecule has 0 spiro atoms. The molecule has 0 heterocycles. The van der Waals surface area contributed by atoms with E-state index in [2.05, 4.69) is 298 Å². The zero-order chi connectivity index (χ0) is 55.8. The highest BCUT2D eigenvalue weighted by Gasteiger charge is 2.47. The fourth-order valence-corrected chi connectivity index (χ4v) is 16.4. The number of hydrogen-bond acceptors (Lipinski definition) is 2. The standard InChI is InChI=1S/C79H72N2/c1-74(2)48-79(11,50-29-31-51(32-30-50)81(54-35-39-62-58-22-14-18-26-66(58)77(7,8)71(62)45-54)55-36-40-63-59-23-15-19-27-67(59)78(9,10)72(63)46-55)73-42-49(28-41-68(73)74)47-80(52-33-37-60-56-20-12-16-24-64(56)75(3,4)69(60)43-52)53-34-38-61-57-21-13-17-25-65(57)76(5,6)70(61)44-53/h12-46H,47-48H2,1-11H3. The van der Waals surface area contributed by atoms with Gasteiger partial charge < -0.3 is 9.80 Å². The van der Waals surface area contributed by atoms with Crippen molar-refractivity contribution in [2.24, 2.45) is 0 Å². The van der Waals surface area contributed by atoms with E-state index in [9.17, 15) is 0 Å². The third kappa shape index (κ3) is 7.05. The predicted molar refractivity (Wildman–Crippen MR) is 341 cm³/mol. The monoisotopic (exact) mass is 1050 g/mol. The van der Waals surface area contributed by atoms with Gasteiger partial charge in [-0.05, 0) is 184 Å². The van der Waals surface area contributed by atoms with Gasteiger partial charge in [-0.25, -0.2) is 0 Å². The number of nitrogens with zero attached hydrogens (tertiary/aromatic N) is 2. The molecule has 0 amide bonds. The highest BCUT2D eigenvalue weighted by Crippen LogP contribution is 2.57. The van der Waals surface area contributed by atoms with E-state index in [1.807, 2.05) is 0 Å². The van der Waals surface area contributed by atoms with E-state index in [0.717, 1.165) is 18.7 Å². The Morgan fingerprint density at radius 2 is 0.617 bits per heavy atom. The van der Waals surface area contributed by atoms with Gasteiger partial charge in [0.15, 0.2) is 0 Å². The maximum absolute atomic E-state index is 2.60. The molecule has 0 aliphatic heterocycles. The summed E-state index contributed by atoms with van der Waals surface area (Å²) in [7, 11) is 0. The first-order valence-electron chi connectivity index (χ1n) is 29.6. The Bertz CT molecular complexity index is 4080. The molecule has 0 radical (unpaired) electrons. The highest BCUT2D eigenvalue weighted by molar-refractivity contribution is 5.90. The van der Waals surface area contributed by atoms with Crippen molar-refractivity contribution in [1.82, 2.24) is 0 Å². The molecule has 2 nitrogen and oxygen atoms in total. The van der Waals surface area contributed by atoms with Crippen LogP contribution in [0, 0.1) is 0 Å². The lowest BCUT2D eigenvalue weighted by atomic mass is 9.75. The minimum Gasteiger partial charge on any atom is -0.337 e. The van der Waals surface area contributed by atoms with E-state index in [-0.39, 0.29) is 32.5 Å². The van der Waals surface area contributed by atoms with Crippen molar-refractivity contribution in [3.05, 3.63) is 279 Å². The fourth-order valence-electron chi connectivity index (χ4n) is 16.4. The first-order chi connectivity index (χ1) is 38.8. The Hall–Kier alpha value is -8.20. The Kier molecular flexibility index (Phi) is 10.4. The summed E-state index contributed by atoms with van der Waals surface area (Å²) in [5, 5.41) is 0. The smallest absolute Gasteiger partial charge is 0.0481 e. The maximum Gasteiger partial charge on any atom is 0.0481 e. The summed E-state index contributed by atoms with van der Waals surface area (Å²) >= 11 is 0. The zero-order valence-corrected chi connectivity index (χ0v) is 49.0. The first kappa shape index (κ1) is 49.8. The first-order valence-corrected chi connectivity index (χ1v) is 29.6. The minimum atomic E-state index is -0.220. The van der Waals surface area contributed by atoms with Gasteiger partial charge >= 0.3 is 0 Å². The largest absolute Gasteiger partial charge is 0.337 e. The normalized spacial score (nSPS) is 18.6. The second-order valence-electron chi connectivity index (χ2n) is 27.3. The van der Waals surface area contributed by atoms with Gasteiger partial charge in [0.25, 0.3) is 0 Å². The lowest BCUT2D eigenvalue weighted by Gasteiger charge is -2.32. The molecule has 5 aliphatic rings. The van der Waals surface area contributed by atoms with Gasteiger partial charge in [-0.1, -0.05) is 228 Å². The zero-order valence-electron chi connectivity index (χ0n) is 49.0. The van der Waals surface area contributed by atoms with Crippen LogP contribution in [0.5, 0.6) is 0 Å². The van der Waals surface area contributed by atoms with E-state index >= 15 is 0 Å². The SMILES string of the molecule is CC1(C)CC(C)(c2ccc(N(c3ccc4c(c3)C(C)(C)c3ccccc3-4)c3ccc4c(c3)C(C)(C)c3ccccc3-4)cc2)c2cc(CN(c3ccc4c(c3)C(C)(C)c3ccccc3-4)c3ccc4c(c3)C(C)(C)c3ccccc3-4)ccc21. The summed E-state index contributed by atoms with van der Waals surface area (Å²) in [6.07, 6.45) is 1.02. The molecule has 81 heavy (non-hydrogen) atoms. The average molecular weight is 1050 g/mol. The van der Waals surface area contributed by atoms with Crippen molar-refractivity contribution in [2.75, 3.05) is 9.80 Å². The summed E-state index contributed by atoms with van der Waals surface area (Å²) in [4.78, 5) is 5.11.